The summed E-state index contributed by atoms with van der Waals surface area (Å²) in [6, 6.07) is 0. The molecule has 18 heavy (non-hydrogen) atoms. The van der Waals surface area contributed by atoms with Gasteiger partial charge in [-0.05, 0) is 13.3 Å². The second-order valence-electron chi connectivity index (χ2n) is 3.73. The van der Waals surface area contributed by atoms with E-state index in [0.717, 1.165) is 0 Å². The first kappa shape index (κ1) is 14.6. The molecule has 1 aromatic rings. The first-order valence-electron chi connectivity index (χ1n) is 5.31. The predicted molar refractivity (Wildman–Crippen MR) is 53.7 cm³/mol. The van der Waals surface area contributed by atoms with Crippen LogP contribution in [0.3, 0.4) is 0 Å². The highest BCUT2D eigenvalue weighted by Crippen LogP contribution is 2.19. The average molecular weight is 266 g/mol. The van der Waals surface area contributed by atoms with Crippen LogP contribution in [-0.2, 0) is 16.1 Å². The highest BCUT2D eigenvalue weighted by Gasteiger charge is 2.28. The predicted octanol–water partition coefficient (Wildman–Crippen LogP) is 2.23. The van der Waals surface area contributed by atoms with E-state index >= 15 is 0 Å². The monoisotopic (exact) mass is 266 g/mol. The maximum absolute atomic E-state index is 11.8. The van der Waals surface area contributed by atoms with Crippen LogP contribution in [0, 0.1) is 0 Å². The minimum atomic E-state index is -4.39. The van der Waals surface area contributed by atoms with Gasteiger partial charge in [0.15, 0.2) is 5.82 Å². The van der Waals surface area contributed by atoms with Crippen molar-refractivity contribution in [1.29, 1.82) is 0 Å². The molecule has 1 rings (SSSR count). The summed E-state index contributed by atoms with van der Waals surface area (Å²) >= 11 is 0. The molecule has 0 N–H and O–H groups in total. The number of carbonyl (C=O) groups excluding carboxylic acids is 1. The molecule has 0 radical (unpaired) electrons. The molecule has 102 valence electrons. The maximum atomic E-state index is 11.8. The van der Waals surface area contributed by atoms with Crippen molar-refractivity contribution < 1.29 is 27.2 Å². The van der Waals surface area contributed by atoms with Crippen LogP contribution in [0.15, 0.2) is 4.52 Å². The van der Waals surface area contributed by atoms with E-state index in [1.807, 2.05) is 0 Å². The molecule has 5 nitrogen and oxygen atoms in total. The number of aromatic nitrogens is 2. The standard InChI is InChI=1S/C10H13F3N2O3/c1-3-7(6(2)16)9-14-8(15-18-9)4-17-5-10(11,12)13/h7H,3-5H2,1-2H3. The Labute approximate surface area is 101 Å². The van der Waals surface area contributed by atoms with Crippen molar-refractivity contribution in [2.45, 2.75) is 39.0 Å². The van der Waals surface area contributed by atoms with E-state index in [-0.39, 0.29) is 17.5 Å². The molecule has 1 atom stereocenters. The van der Waals surface area contributed by atoms with Crippen molar-refractivity contribution in [3.63, 3.8) is 0 Å². The van der Waals surface area contributed by atoms with Crippen molar-refractivity contribution in [1.82, 2.24) is 10.1 Å². The van der Waals surface area contributed by atoms with E-state index in [1.165, 1.54) is 6.92 Å². The SMILES string of the molecule is CCC(C(C)=O)c1nc(COCC(F)(F)F)no1. The number of hydrogen-bond acceptors (Lipinski definition) is 5. The third-order valence-electron chi connectivity index (χ3n) is 2.18. The molecule has 0 bridgehead atoms. The van der Waals surface area contributed by atoms with Crippen molar-refractivity contribution in [2.24, 2.45) is 0 Å². The number of hydrogen-bond donors (Lipinski definition) is 0. The van der Waals surface area contributed by atoms with E-state index in [2.05, 4.69) is 14.9 Å². The molecular weight excluding hydrogens is 253 g/mol. The number of ether oxygens (including phenoxy) is 1. The van der Waals surface area contributed by atoms with Gasteiger partial charge in [-0.1, -0.05) is 12.1 Å². The van der Waals surface area contributed by atoms with Gasteiger partial charge in [-0.3, -0.25) is 4.79 Å². The Balaban J connectivity index is 2.55. The summed E-state index contributed by atoms with van der Waals surface area (Å²) < 4.78 is 44.6. The number of rotatable bonds is 6. The number of ketones is 1. The van der Waals surface area contributed by atoms with Crippen LogP contribution in [0.5, 0.6) is 0 Å². The van der Waals surface area contributed by atoms with Crippen LogP contribution in [0.1, 0.15) is 37.9 Å². The van der Waals surface area contributed by atoms with Gasteiger partial charge in [-0.15, -0.1) is 0 Å². The molecule has 0 fully saturated rings. The maximum Gasteiger partial charge on any atom is 0.411 e. The largest absolute Gasteiger partial charge is 0.411 e. The molecule has 0 aliphatic carbocycles. The topological polar surface area (TPSA) is 65.2 Å². The quantitative estimate of drug-likeness (QED) is 0.790. The lowest BCUT2D eigenvalue weighted by atomic mass is 10.0. The summed E-state index contributed by atoms with van der Waals surface area (Å²) in [5, 5.41) is 3.46. The van der Waals surface area contributed by atoms with Gasteiger partial charge in [0.1, 0.15) is 19.0 Å². The van der Waals surface area contributed by atoms with Gasteiger partial charge in [0.25, 0.3) is 0 Å². The lowest BCUT2D eigenvalue weighted by Gasteiger charge is -2.05. The fourth-order valence-electron chi connectivity index (χ4n) is 1.36. The van der Waals surface area contributed by atoms with E-state index < -0.39 is 25.3 Å². The van der Waals surface area contributed by atoms with Crippen LogP contribution in [-0.4, -0.2) is 28.7 Å². The molecule has 0 spiro atoms. The van der Waals surface area contributed by atoms with Crippen molar-refractivity contribution >= 4 is 5.78 Å². The lowest BCUT2D eigenvalue weighted by Crippen LogP contribution is -2.17. The average Bonchev–Trinajstić information content (AvgIpc) is 2.65. The summed E-state index contributed by atoms with van der Waals surface area (Å²) in [5.41, 5.74) is 0. The third-order valence-corrected chi connectivity index (χ3v) is 2.18. The first-order chi connectivity index (χ1) is 8.33. The van der Waals surface area contributed by atoms with Gasteiger partial charge >= 0.3 is 6.18 Å². The zero-order valence-corrected chi connectivity index (χ0v) is 9.95. The van der Waals surface area contributed by atoms with Crippen molar-refractivity contribution in [3.8, 4) is 0 Å². The molecule has 0 saturated heterocycles. The molecule has 1 heterocycles. The summed E-state index contributed by atoms with van der Waals surface area (Å²) in [6.45, 7) is 1.38. The lowest BCUT2D eigenvalue weighted by molar-refractivity contribution is -0.177. The Kier molecular flexibility index (Phi) is 4.83. The highest BCUT2D eigenvalue weighted by molar-refractivity contribution is 5.82. The fraction of sp³-hybridized carbons (Fsp3) is 0.700. The molecule has 8 heteroatoms. The molecular formula is C10H13F3N2O3. The minimum absolute atomic E-state index is 0.00560. The van der Waals surface area contributed by atoms with Crippen LogP contribution in [0.2, 0.25) is 0 Å². The van der Waals surface area contributed by atoms with Gasteiger partial charge in [-0.25, -0.2) is 0 Å². The van der Waals surface area contributed by atoms with Gasteiger partial charge < -0.3 is 9.26 Å². The molecule has 1 aromatic heterocycles. The minimum Gasteiger partial charge on any atom is -0.364 e. The normalized spacial score (nSPS) is 13.6. The number of alkyl halides is 3. The van der Waals surface area contributed by atoms with E-state index in [4.69, 9.17) is 4.52 Å². The Morgan fingerprint density at radius 1 is 1.50 bits per heavy atom. The molecule has 0 aliphatic heterocycles. The number of carbonyl (C=O) groups is 1. The van der Waals surface area contributed by atoms with E-state index in [0.29, 0.717) is 6.42 Å². The van der Waals surface area contributed by atoms with Crippen LogP contribution in [0.25, 0.3) is 0 Å². The first-order valence-corrected chi connectivity index (χ1v) is 5.31. The third kappa shape index (κ3) is 4.44. The summed E-state index contributed by atoms with van der Waals surface area (Å²) in [6.07, 6.45) is -3.90. The Morgan fingerprint density at radius 2 is 2.17 bits per heavy atom. The van der Waals surface area contributed by atoms with Crippen LogP contribution < -0.4 is 0 Å². The van der Waals surface area contributed by atoms with Gasteiger partial charge in [-0.2, -0.15) is 18.2 Å². The van der Waals surface area contributed by atoms with Crippen molar-refractivity contribution in [2.75, 3.05) is 6.61 Å². The molecule has 1 unspecified atom stereocenters. The zero-order chi connectivity index (χ0) is 13.8. The molecule has 0 amide bonds. The van der Waals surface area contributed by atoms with E-state index in [9.17, 15) is 18.0 Å². The zero-order valence-electron chi connectivity index (χ0n) is 9.95. The van der Waals surface area contributed by atoms with Crippen molar-refractivity contribution in [3.05, 3.63) is 11.7 Å². The summed E-state index contributed by atoms with van der Waals surface area (Å²) in [7, 11) is 0. The second kappa shape index (κ2) is 5.94. The highest BCUT2D eigenvalue weighted by atomic mass is 19.4. The Hall–Kier alpha value is -1.44. The Bertz CT molecular complexity index is 403. The number of halogens is 3. The summed E-state index contributed by atoms with van der Waals surface area (Å²) in [4.78, 5) is 15.1. The molecule has 0 saturated carbocycles. The number of Topliss-reactive ketones (excluding diaryl/α,β-unsaturated/α-hetero) is 1. The Morgan fingerprint density at radius 3 is 2.67 bits per heavy atom. The second-order valence-corrected chi connectivity index (χ2v) is 3.73. The van der Waals surface area contributed by atoms with Gasteiger partial charge in [0.05, 0.1) is 5.92 Å². The summed E-state index contributed by atoms with van der Waals surface area (Å²) in [5.74, 6) is -0.553. The van der Waals surface area contributed by atoms with Crippen LogP contribution >= 0.6 is 0 Å². The fourth-order valence-corrected chi connectivity index (χ4v) is 1.36. The van der Waals surface area contributed by atoms with Gasteiger partial charge in [0, 0.05) is 0 Å². The van der Waals surface area contributed by atoms with Crippen LogP contribution in [0.4, 0.5) is 13.2 Å². The number of nitrogens with zero attached hydrogens (tertiary/aromatic N) is 2. The van der Waals surface area contributed by atoms with Gasteiger partial charge in [0.2, 0.25) is 5.89 Å². The smallest absolute Gasteiger partial charge is 0.364 e. The molecule has 0 aromatic carbocycles. The molecule has 0 aliphatic rings. The van der Waals surface area contributed by atoms with E-state index in [1.54, 1.807) is 6.92 Å².